The van der Waals surface area contributed by atoms with E-state index in [0.29, 0.717) is 0 Å². The van der Waals surface area contributed by atoms with Crippen molar-refractivity contribution in [2.24, 2.45) is 40.3 Å². The van der Waals surface area contributed by atoms with Crippen LogP contribution in [0.5, 0.6) is 0 Å². The van der Waals surface area contributed by atoms with E-state index in [1.807, 2.05) is 0 Å². The van der Waals surface area contributed by atoms with Gasteiger partial charge in [-0.2, -0.15) is 0 Å². The summed E-state index contributed by atoms with van der Waals surface area (Å²) in [6.45, 7) is -1.52. The summed E-state index contributed by atoms with van der Waals surface area (Å²) < 4.78 is 49.2. The van der Waals surface area contributed by atoms with Gasteiger partial charge in [-0.15, -0.1) is 0 Å². The molecule has 21 heteroatoms. The molecule has 49 heavy (non-hydrogen) atoms. The van der Waals surface area contributed by atoms with Gasteiger partial charge in [-0.25, -0.2) is 4.39 Å². The van der Waals surface area contributed by atoms with Crippen molar-refractivity contribution < 1.29 is 73.4 Å². The molecule has 286 valence electrons. The molecule has 0 amide bonds. The average Bonchev–Trinajstić information content (AvgIpc) is 3.38. The van der Waals surface area contributed by atoms with E-state index in [9.17, 15) is 44.9 Å². The number of alkyl halides is 1. The monoisotopic (exact) mass is 716 g/mol. The van der Waals surface area contributed by atoms with Crippen LogP contribution in [-0.2, 0) is 33.2 Å². The lowest BCUT2D eigenvalue weighted by Crippen LogP contribution is -2.64. The van der Waals surface area contributed by atoms with Gasteiger partial charge in [0.1, 0.15) is 61.1 Å². The van der Waals surface area contributed by atoms with Gasteiger partial charge < -0.3 is 98.6 Å². The number of halogens is 1. The van der Waals surface area contributed by atoms with Crippen LogP contribution in [0.4, 0.5) is 4.39 Å². The maximum atomic E-state index is 14.0. The van der Waals surface area contributed by atoms with E-state index in [4.69, 9.17) is 62.8 Å². The minimum atomic E-state index is -2.06. The van der Waals surface area contributed by atoms with Crippen LogP contribution in [0.15, 0.2) is 0 Å². The molecule has 4 fully saturated rings. The Morgan fingerprint density at radius 3 is 1.98 bits per heavy atom. The fourth-order valence-corrected chi connectivity index (χ4v) is 6.66. The van der Waals surface area contributed by atoms with Gasteiger partial charge in [0.15, 0.2) is 24.7 Å². The first-order valence-corrected chi connectivity index (χ1v) is 16.3. The second-order valence-electron chi connectivity index (χ2n) is 13.1. The number of ketones is 1. The van der Waals surface area contributed by atoms with Crippen LogP contribution in [0.25, 0.3) is 0 Å². The highest BCUT2D eigenvalue weighted by atomic mass is 19.1. The molecule has 0 unspecified atom stereocenters. The lowest BCUT2D eigenvalue weighted by atomic mass is 9.76. The lowest BCUT2D eigenvalue weighted by molar-refractivity contribution is -0.298. The summed E-state index contributed by atoms with van der Waals surface area (Å²) >= 11 is 0. The Morgan fingerprint density at radius 2 is 1.37 bits per heavy atom. The quantitative estimate of drug-likeness (QED) is 0.0793. The number of hydrogen-bond donors (Lipinski definition) is 13. The first-order chi connectivity index (χ1) is 23.2. The molecule has 20 nitrogen and oxygen atoms in total. The van der Waals surface area contributed by atoms with Crippen LogP contribution in [-0.4, -0.2) is 184 Å². The van der Waals surface area contributed by atoms with Gasteiger partial charge >= 0.3 is 0 Å². The second kappa shape index (κ2) is 17.6. The van der Waals surface area contributed by atoms with E-state index in [1.54, 1.807) is 0 Å². The van der Waals surface area contributed by atoms with Crippen LogP contribution in [0.1, 0.15) is 19.3 Å². The first-order valence-electron chi connectivity index (χ1n) is 16.3. The molecule has 4 aliphatic rings. The van der Waals surface area contributed by atoms with Gasteiger partial charge in [0.05, 0.1) is 37.0 Å². The highest BCUT2D eigenvalue weighted by molar-refractivity contribution is 5.83. The van der Waals surface area contributed by atoms with Crippen LogP contribution in [0.2, 0.25) is 0 Å². The van der Waals surface area contributed by atoms with Gasteiger partial charge in [0.25, 0.3) is 0 Å². The Labute approximate surface area is 281 Å². The number of hydrogen-bond acceptors (Lipinski definition) is 20. The van der Waals surface area contributed by atoms with E-state index < -0.39 is 148 Å². The molecule has 0 radical (unpaired) electrons. The number of aliphatic hydroxyl groups is 7. The summed E-state index contributed by atoms with van der Waals surface area (Å²) in [7, 11) is 0. The molecule has 0 bridgehead atoms. The van der Waals surface area contributed by atoms with Crippen molar-refractivity contribution in [1.82, 2.24) is 0 Å². The van der Waals surface area contributed by atoms with Crippen molar-refractivity contribution in [1.29, 1.82) is 0 Å². The molecule has 1 saturated carbocycles. The van der Waals surface area contributed by atoms with Crippen molar-refractivity contribution in [3.05, 3.63) is 0 Å². The number of nitrogens with two attached hydrogens (primary N) is 6. The normalized spacial score (nSPS) is 47.6. The van der Waals surface area contributed by atoms with Crippen LogP contribution in [0.3, 0.4) is 0 Å². The molecular formula is C28H53FN6O14. The minimum Gasteiger partial charge on any atom is -0.394 e. The van der Waals surface area contributed by atoms with Crippen molar-refractivity contribution in [3.63, 3.8) is 0 Å². The highest BCUT2D eigenvalue weighted by Gasteiger charge is 2.54. The molecule has 19 N–H and O–H groups in total. The third kappa shape index (κ3) is 8.90. The van der Waals surface area contributed by atoms with Gasteiger partial charge in [0, 0.05) is 38.5 Å². The number of rotatable bonds is 14. The molecule has 0 aromatic carbocycles. The smallest absolute Gasteiger partial charge is 0.187 e. The third-order valence-corrected chi connectivity index (χ3v) is 9.68. The Kier molecular flexibility index (Phi) is 14.6. The zero-order valence-corrected chi connectivity index (χ0v) is 26.8. The maximum Gasteiger partial charge on any atom is 0.187 e. The van der Waals surface area contributed by atoms with E-state index in [1.165, 1.54) is 0 Å². The molecule has 0 aromatic rings. The number of ether oxygens (including phenoxy) is 6. The average molecular weight is 717 g/mol. The fraction of sp³-hybridized carbons (Fsp3) is 0.964. The number of carbonyl (C=O) groups excluding carboxylic acids is 1. The van der Waals surface area contributed by atoms with Gasteiger partial charge in [-0.3, -0.25) is 4.79 Å². The summed E-state index contributed by atoms with van der Waals surface area (Å²) in [6.07, 6.45) is -23.5. The van der Waals surface area contributed by atoms with E-state index >= 15 is 0 Å². The van der Waals surface area contributed by atoms with Gasteiger partial charge in [-0.1, -0.05) is 0 Å². The zero-order chi connectivity index (χ0) is 36.3. The standard InChI is InChI=1S/C28H53FN6O14/c29-10(5-31)19(40)13(38)2-8-1-11(33)23(47-26-16(34)12(37)3-9(4-30)44-26)25(18(8)39)49-28-22(43)24(15(7-36)46-28)48-27-17(35)21(42)20(41)14(6-32)45-27/h8-12,14-28,36-37,39-43H,1-7,30-35H2/t8-,9-,10+,11-,12+,14-,15+,16+,17+,18-,19-,20+,21+,22+,23+,24+,25+,26+,27+,28-/m0/s1. The Hall–Kier alpha value is -1.16. The van der Waals surface area contributed by atoms with E-state index in [2.05, 4.69) is 0 Å². The van der Waals surface area contributed by atoms with Gasteiger partial charge in [0.2, 0.25) is 0 Å². The number of Topliss-reactive ketones (excluding diaryl/α,β-unsaturated/α-hetero) is 1. The van der Waals surface area contributed by atoms with Crippen molar-refractivity contribution in [2.45, 2.75) is 136 Å². The predicted molar refractivity (Wildman–Crippen MR) is 162 cm³/mol. The molecule has 20 atom stereocenters. The SMILES string of the molecule is NC[C@@H]1C[C@@H](O)[C@@H](N)[C@@H](O[C@H]2[C@H](O[C@@H]3O[C@H](CO)[C@@H](O[C@H]4O[C@@H](CN)[C@@H](O)[C@H](O)[C@H]4N)[C@H]3O)[C@@H](O)[C@H](CC(=O)[C@@H](O)[C@H](F)CN)C[C@@H]2N)O1. The fourth-order valence-electron chi connectivity index (χ4n) is 6.66. The van der Waals surface area contributed by atoms with E-state index in [0.717, 1.165) is 0 Å². The topological polar surface area (TPSA) is 370 Å². The number of carbonyl (C=O) groups is 1. The van der Waals surface area contributed by atoms with Gasteiger partial charge in [-0.05, 0) is 12.3 Å². The molecule has 1 aliphatic carbocycles. The van der Waals surface area contributed by atoms with Crippen molar-refractivity contribution in [3.8, 4) is 0 Å². The molecule has 0 spiro atoms. The summed E-state index contributed by atoms with van der Waals surface area (Å²) in [5.74, 6) is -1.97. The van der Waals surface area contributed by atoms with Crippen molar-refractivity contribution >= 4 is 5.78 Å². The second-order valence-corrected chi connectivity index (χ2v) is 13.1. The Balaban J connectivity index is 1.57. The molecule has 0 aromatic heterocycles. The molecule has 3 saturated heterocycles. The lowest BCUT2D eigenvalue weighted by Gasteiger charge is -2.47. The molecule has 4 rings (SSSR count). The largest absolute Gasteiger partial charge is 0.394 e. The predicted octanol–water partition coefficient (Wildman–Crippen LogP) is -7.96. The third-order valence-electron chi connectivity index (χ3n) is 9.68. The van der Waals surface area contributed by atoms with Crippen LogP contribution < -0.4 is 34.4 Å². The van der Waals surface area contributed by atoms with Crippen LogP contribution >= 0.6 is 0 Å². The summed E-state index contributed by atoms with van der Waals surface area (Å²) in [6, 6.07) is -3.40. The minimum absolute atomic E-state index is 0.0240. The van der Waals surface area contributed by atoms with E-state index in [-0.39, 0.29) is 25.9 Å². The Bertz CT molecular complexity index is 1060. The first kappa shape index (κ1) is 40.6. The highest BCUT2D eigenvalue weighted by Crippen LogP contribution is 2.37. The molecule has 3 aliphatic heterocycles. The maximum absolute atomic E-state index is 14.0. The molecule has 3 heterocycles. The summed E-state index contributed by atoms with van der Waals surface area (Å²) in [5.41, 5.74) is 35.2. The zero-order valence-electron chi connectivity index (χ0n) is 26.8. The summed E-state index contributed by atoms with van der Waals surface area (Å²) in [4.78, 5) is 12.7. The number of aliphatic hydroxyl groups excluding tert-OH is 7. The summed E-state index contributed by atoms with van der Waals surface area (Å²) in [5, 5.41) is 74.1. The van der Waals surface area contributed by atoms with Crippen LogP contribution in [0, 0.1) is 5.92 Å². The Morgan fingerprint density at radius 1 is 0.755 bits per heavy atom. The molecular weight excluding hydrogens is 663 g/mol. The van der Waals surface area contributed by atoms with Crippen molar-refractivity contribution in [2.75, 3.05) is 26.2 Å².